The third-order valence-electron chi connectivity index (χ3n) is 2.19. The molecule has 0 unspecified atom stereocenters. The van der Waals surface area contributed by atoms with Crippen molar-refractivity contribution in [3.63, 3.8) is 0 Å². The van der Waals surface area contributed by atoms with Crippen molar-refractivity contribution >= 4 is 33.2 Å². The number of hydrogen-bond acceptors (Lipinski definition) is 4. The highest BCUT2D eigenvalue weighted by molar-refractivity contribution is 7.17. The Labute approximate surface area is 96.6 Å². The van der Waals surface area contributed by atoms with Gasteiger partial charge in [0.25, 0.3) is 5.78 Å². The molecule has 0 saturated heterocycles. The SMILES string of the molecule is CCOC(=O)C(=O)c1csc2ccccc12. The van der Waals surface area contributed by atoms with Gasteiger partial charge in [0.05, 0.1) is 6.61 Å². The second-order valence-corrected chi connectivity index (χ2v) is 4.11. The van der Waals surface area contributed by atoms with E-state index in [-0.39, 0.29) is 6.61 Å². The standard InChI is InChI=1S/C12H10O3S/c1-2-15-12(14)11(13)9-7-16-10-6-4-3-5-8(9)10/h3-7H,2H2,1H3. The molecule has 4 heteroatoms. The van der Waals surface area contributed by atoms with Gasteiger partial charge in [-0.2, -0.15) is 0 Å². The van der Waals surface area contributed by atoms with Crippen molar-refractivity contribution in [1.82, 2.24) is 0 Å². The predicted octanol–water partition coefficient (Wildman–Crippen LogP) is 2.65. The number of fused-ring (bicyclic) bond motifs is 1. The largest absolute Gasteiger partial charge is 0.460 e. The van der Waals surface area contributed by atoms with Crippen LogP contribution in [0.3, 0.4) is 0 Å². The smallest absolute Gasteiger partial charge is 0.379 e. The molecular formula is C12H10O3S. The number of ketones is 1. The van der Waals surface area contributed by atoms with Crippen molar-refractivity contribution in [1.29, 1.82) is 0 Å². The molecule has 3 nitrogen and oxygen atoms in total. The van der Waals surface area contributed by atoms with Crippen LogP contribution >= 0.6 is 11.3 Å². The molecule has 0 atom stereocenters. The van der Waals surface area contributed by atoms with Crippen LogP contribution in [0, 0.1) is 0 Å². The van der Waals surface area contributed by atoms with Gasteiger partial charge in [-0.3, -0.25) is 4.79 Å². The summed E-state index contributed by atoms with van der Waals surface area (Å²) < 4.78 is 5.69. The summed E-state index contributed by atoms with van der Waals surface area (Å²) >= 11 is 1.45. The van der Waals surface area contributed by atoms with E-state index in [4.69, 9.17) is 4.74 Å². The Kier molecular flexibility index (Phi) is 3.01. The highest BCUT2D eigenvalue weighted by Gasteiger charge is 2.20. The van der Waals surface area contributed by atoms with Gasteiger partial charge >= 0.3 is 5.97 Å². The third-order valence-corrected chi connectivity index (χ3v) is 3.15. The van der Waals surface area contributed by atoms with Crippen molar-refractivity contribution in [3.8, 4) is 0 Å². The summed E-state index contributed by atoms with van der Waals surface area (Å²) in [5.74, 6) is -1.36. The molecule has 0 spiro atoms. The van der Waals surface area contributed by atoms with Gasteiger partial charge in [-0.25, -0.2) is 4.79 Å². The van der Waals surface area contributed by atoms with E-state index < -0.39 is 11.8 Å². The number of thiophene rings is 1. The molecule has 0 bridgehead atoms. The number of hydrogen-bond donors (Lipinski definition) is 0. The van der Waals surface area contributed by atoms with Crippen LogP contribution in [0.15, 0.2) is 29.6 Å². The molecule has 2 rings (SSSR count). The van der Waals surface area contributed by atoms with Crippen LogP contribution in [0.1, 0.15) is 17.3 Å². The van der Waals surface area contributed by atoms with E-state index in [1.54, 1.807) is 12.3 Å². The number of benzene rings is 1. The van der Waals surface area contributed by atoms with Crippen LogP contribution in [0.4, 0.5) is 0 Å². The molecule has 1 heterocycles. The average molecular weight is 234 g/mol. The molecule has 1 aromatic heterocycles. The van der Waals surface area contributed by atoms with Gasteiger partial charge in [-0.15, -0.1) is 11.3 Å². The van der Waals surface area contributed by atoms with Crippen LogP contribution in [0.25, 0.3) is 10.1 Å². The lowest BCUT2D eigenvalue weighted by Gasteiger charge is -1.99. The lowest BCUT2D eigenvalue weighted by atomic mass is 10.1. The second-order valence-electron chi connectivity index (χ2n) is 3.20. The molecule has 16 heavy (non-hydrogen) atoms. The topological polar surface area (TPSA) is 43.4 Å². The summed E-state index contributed by atoms with van der Waals surface area (Å²) in [5, 5.41) is 2.51. The number of rotatable bonds is 3. The molecule has 0 radical (unpaired) electrons. The van der Waals surface area contributed by atoms with E-state index in [2.05, 4.69) is 0 Å². The first-order chi connectivity index (χ1) is 7.74. The first kappa shape index (κ1) is 10.8. The number of carbonyl (C=O) groups excluding carboxylic acids is 2. The Morgan fingerprint density at radius 1 is 1.31 bits per heavy atom. The normalized spacial score (nSPS) is 10.3. The Morgan fingerprint density at radius 2 is 2.06 bits per heavy atom. The molecule has 0 amide bonds. The van der Waals surface area contributed by atoms with E-state index in [1.807, 2.05) is 24.3 Å². The van der Waals surface area contributed by atoms with E-state index in [0.717, 1.165) is 10.1 Å². The molecule has 0 aliphatic rings. The third kappa shape index (κ3) is 1.84. The number of ether oxygens (including phenoxy) is 1. The zero-order chi connectivity index (χ0) is 11.5. The van der Waals surface area contributed by atoms with Crippen molar-refractivity contribution in [2.75, 3.05) is 6.61 Å². The van der Waals surface area contributed by atoms with Gasteiger partial charge in [0.1, 0.15) is 0 Å². The summed E-state index contributed by atoms with van der Waals surface area (Å²) in [5.41, 5.74) is 0.430. The maximum Gasteiger partial charge on any atom is 0.379 e. The van der Waals surface area contributed by atoms with Crippen LogP contribution in [0.5, 0.6) is 0 Å². The van der Waals surface area contributed by atoms with Gasteiger partial charge < -0.3 is 4.74 Å². The lowest BCUT2D eigenvalue weighted by Crippen LogP contribution is -2.16. The van der Waals surface area contributed by atoms with Gasteiger partial charge in [-0.05, 0) is 13.0 Å². The molecular weight excluding hydrogens is 224 g/mol. The van der Waals surface area contributed by atoms with Crippen LogP contribution in [-0.4, -0.2) is 18.4 Å². The van der Waals surface area contributed by atoms with Crippen LogP contribution in [-0.2, 0) is 9.53 Å². The number of Topliss-reactive ketones (excluding diaryl/α,β-unsaturated/α-hetero) is 1. The average Bonchev–Trinajstić information content (AvgIpc) is 2.72. The van der Waals surface area contributed by atoms with Crippen molar-refractivity contribution in [3.05, 3.63) is 35.2 Å². The first-order valence-electron chi connectivity index (χ1n) is 4.91. The molecule has 0 saturated carbocycles. The molecule has 0 aliphatic heterocycles. The summed E-state index contributed by atoms with van der Waals surface area (Å²) in [6, 6.07) is 7.49. The Morgan fingerprint density at radius 3 is 2.81 bits per heavy atom. The molecule has 2 aromatic rings. The summed E-state index contributed by atoms with van der Waals surface area (Å²) in [6.07, 6.45) is 0. The van der Waals surface area contributed by atoms with Gasteiger partial charge in [0.15, 0.2) is 0 Å². The highest BCUT2D eigenvalue weighted by Crippen LogP contribution is 2.26. The van der Waals surface area contributed by atoms with E-state index in [0.29, 0.717) is 5.56 Å². The zero-order valence-electron chi connectivity index (χ0n) is 8.73. The monoisotopic (exact) mass is 234 g/mol. The lowest BCUT2D eigenvalue weighted by molar-refractivity contribution is -0.137. The number of carbonyl (C=O) groups is 2. The van der Waals surface area contributed by atoms with Gasteiger partial charge in [0, 0.05) is 21.0 Å². The summed E-state index contributed by atoms with van der Waals surface area (Å²) in [6.45, 7) is 1.89. The molecule has 0 fully saturated rings. The van der Waals surface area contributed by atoms with Gasteiger partial charge in [0.2, 0.25) is 0 Å². The quantitative estimate of drug-likeness (QED) is 0.466. The van der Waals surface area contributed by atoms with E-state index >= 15 is 0 Å². The minimum absolute atomic E-state index is 0.215. The fourth-order valence-corrected chi connectivity index (χ4v) is 2.40. The zero-order valence-corrected chi connectivity index (χ0v) is 9.54. The molecule has 0 aliphatic carbocycles. The number of esters is 1. The van der Waals surface area contributed by atoms with Crippen LogP contribution < -0.4 is 0 Å². The van der Waals surface area contributed by atoms with Crippen LogP contribution in [0.2, 0.25) is 0 Å². The first-order valence-corrected chi connectivity index (χ1v) is 5.79. The molecule has 0 N–H and O–H groups in total. The Hall–Kier alpha value is -1.68. The maximum atomic E-state index is 11.7. The van der Waals surface area contributed by atoms with Crippen molar-refractivity contribution in [2.24, 2.45) is 0 Å². The second kappa shape index (κ2) is 4.45. The maximum absolute atomic E-state index is 11.7. The fourth-order valence-electron chi connectivity index (χ4n) is 1.46. The Balaban J connectivity index is 2.40. The Bertz CT molecular complexity index is 542. The minimum atomic E-state index is -0.786. The van der Waals surface area contributed by atoms with E-state index in [9.17, 15) is 9.59 Å². The van der Waals surface area contributed by atoms with E-state index in [1.165, 1.54) is 11.3 Å². The molecule has 1 aromatic carbocycles. The molecule has 82 valence electrons. The summed E-state index contributed by atoms with van der Waals surface area (Å²) in [4.78, 5) is 23.1. The van der Waals surface area contributed by atoms with Crippen molar-refractivity contribution < 1.29 is 14.3 Å². The highest BCUT2D eigenvalue weighted by atomic mass is 32.1. The fraction of sp³-hybridized carbons (Fsp3) is 0.167. The summed E-state index contributed by atoms with van der Waals surface area (Å²) in [7, 11) is 0. The predicted molar refractivity (Wildman–Crippen MR) is 62.8 cm³/mol. The van der Waals surface area contributed by atoms with Crippen molar-refractivity contribution in [2.45, 2.75) is 6.92 Å². The minimum Gasteiger partial charge on any atom is -0.460 e. The van der Waals surface area contributed by atoms with Gasteiger partial charge in [-0.1, -0.05) is 18.2 Å².